The second kappa shape index (κ2) is 8.24. The van der Waals surface area contributed by atoms with E-state index in [0.29, 0.717) is 28.1 Å². The van der Waals surface area contributed by atoms with Crippen molar-refractivity contribution in [1.82, 2.24) is 14.9 Å². The van der Waals surface area contributed by atoms with E-state index in [4.69, 9.17) is 16.9 Å². The van der Waals surface area contributed by atoms with Gasteiger partial charge in [-0.25, -0.2) is 9.97 Å². The minimum Gasteiger partial charge on any atom is -0.354 e. The molecule has 1 N–H and O–H groups in total. The van der Waals surface area contributed by atoms with Gasteiger partial charge in [-0.3, -0.25) is 4.90 Å². The smallest absolute Gasteiger partial charge is 0.223 e. The third-order valence-electron chi connectivity index (χ3n) is 5.05. The highest BCUT2D eigenvalue weighted by Crippen LogP contribution is 2.27. The fourth-order valence-corrected chi connectivity index (χ4v) is 3.63. The number of likely N-dealkylation sites (tertiary alicyclic amines) is 1. The van der Waals surface area contributed by atoms with Crippen LogP contribution in [0.3, 0.4) is 0 Å². The zero-order valence-electron chi connectivity index (χ0n) is 16.2. The molecule has 1 unspecified atom stereocenters. The summed E-state index contributed by atoms with van der Waals surface area (Å²) in [6.07, 6.45) is 4.07. The topological polar surface area (TPSA) is 64.8 Å². The quantitative estimate of drug-likeness (QED) is 0.836. The molecule has 3 rings (SSSR count). The first-order valence-electron chi connectivity index (χ1n) is 9.39. The molecule has 0 saturated carbocycles. The standard InChI is InChI=1S/C21H26ClN5/c1-21(2,3)27-10-4-5-16(14-27)12-24-20-25-13-18(22)19(26-20)17-8-6-15(11-23)7-9-17/h6-9,13,16H,4-5,10,12,14H2,1-3H3,(H,24,25,26). The maximum atomic E-state index is 8.95. The molecule has 5 nitrogen and oxygen atoms in total. The summed E-state index contributed by atoms with van der Waals surface area (Å²) in [4.78, 5) is 11.5. The van der Waals surface area contributed by atoms with Gasteiger partial charge in [0.05, 0.1) is 28.5 Å². The number of rotatable bonds is 4. The number of piperidine rings is 1. The van der Waals surface area contributed by atoms with Crippen LogP contribution in [0.1, 0.15) is 39.2 Å². The molecule has 142 valence electrons. The van der Waals surface area contributed by atoms with Crippen LogP contribution in [0.2, 0.25) is 5.02 Å². The minimum atomic E-state index is 0.207. The van der Waals surface area contributed by atoms with E-state index in [1.807, 2.05) is 12.1 Å². The molecule has 0 amide bonds. The van der Waals surface area contributed by atoms with Crippen LogP contribution in [-0.4, -0.2) is 40.0 Å². The van der Waals surface area contributed by atoms with Crippen LogP contribution in [0.25, 0.3) is 11.3 Å². The second-order valence-electron chi connectivity index (χ2n) is 8.09. The SMILES string of the molecule is CC(C)(C)N1CCCC(CNc2ncc(Cl)c(-c3ccc(C#N)cc3)n2)C1. The van der Waals surface area contributed by atoms with Crippen molar-refractivity contribution >= 4 is 17.5 Å². The third kappa shape index (κ3) is 4.97. The molecular weight excluding hydrogens is 358 g/mol. The first-order valence-corrected chi connectivity index (χ1v) is 9.76. The summed E-state index contributed by atoms with van der Waals surface area (Å²) in [6.45, 7) is 9.92. The monoisotopic (exact) mass is 383 g/mol. The van der Waals surface area contributed by atoms with Crippen molar-refractivity contribution in [3.8, 4) is 17.3 Å². The molecule has 1 aliphatic heterocycles. The highest BCUT2D eigenvalue weighted by atomic mass is 35.5. The van der Waals surface area contributed by atoms with Gasteiger partial charge < -0.3 is 5.32 Å². The van der Waals surface area contributed by atoms with E-state index < -0.39 is 0 Å². The fraction of sp³-hybridized carbons (Fsp3) is 0.476. The first kappa shape index (κ1) is 19.6. The Hall–Kier alpha value is -2.16. The Morgan fingerprint density at radius 3 is 2.70 bits per heavy atom. The maximum Gasteiger partial charge on any atom is 0.223 e. The molecule has 0 aliphatic carbocycles. The van der Waals surface area contributed by atoms with Crippen molar-refractivity contribution in [2.45, 2.75) is 39.2 Å². The summed E-state index contributed by atoms with van der Waals surface area (Å²) in [6, 6.07) is 9.38. The molecule has 1 aromatic heterocycles. The van der Waals surface area contributed by atoms with Gasteiger partial charge in [-0.1, -0.05) is 23.7 Å². The van der Waals surface area contributed by atoms with Crippen molar-refractivity contribution < 1.29 is 0 Å². The predicted molar refractivity (Wildman–Crippen MR) is 110 cm³/mol. The summed E-state index contributed by atoms with van der Waals surface area (Å²) >= 11 is 6.30. The Bertz CT molecular complexity index is 820. The lowest BCUT2D eigenvalue weighted by Gasteiger charge is -2.41. The average molecular weight is 384 g/mol. The van der Waals surface area contributed by atoms with Crippen molar-refractivity contribution in [1.29, 1.82) is 5.26 Å². The Balaban J connectivity index is 1.68. The number of benzene rings is 1. The van der Waals surface area contributed by atoms with Gasteiger partial charge in [-0.2, -0.15) is 5.26 Å². The van der Waals surface area contributed by atoms with E-state index in [-0.39, 0.29) is 5.54 Å². The lowest BCUT2D eigenvalue weighted by atomic mass is 9.93. The number of anilines is 1. The van der Waals surface area contributed by atoms with Gasteiger partial charge >= 0.3 is 0 Å². The zero-order valence-corrected chi connectivity index (χ0v) is 16.9. The molecule has 0 radical (unpaired) electrons. The van der Waals surface area contributed by atoms with Crippen LogP contribution in [-0.2, 0) is 0 Å². The van der Waals surface area contributed by atoms with Gasteiger partial charge in [0.25, 0.3) is 0 Å². The van der Waals surface area contributed by atoms with E-state index in [9.17, 15) is 0 Å². The lowest BCUT2D eigenvalue weighted by molar-refractivity contribution is 0.0826. The van der Waals surface area contributed by atoms with Crippen molar-refractivity contribution in [3.05, 3.63) is 41.0 Å². The molecule has 6 heteroatoms. The molecule has 1 saturated heterocycles. The summed E-state index contributed by atoms with van der Waals surface area (Å²) in [5.41, 5.74) is 2.38. The number of halogens is 1. The fourth-order valence-electron chi connectivity index (χ4n) is 3.43. The van der Waals surface area contributed by atoms with E-state index in [1.165, 1.54) is 19.4 Å². The number of aromatic nitrogens is 2. The van der Waals surface area contributed by atoms with E-state index in [1.54, 1.807) is 18.3 Å². The molecule has 1 fully saturated rings. The summed E-state index contributed by atoms with van der Waals surface area (Å²) in [5.74, 6) is 1.17. The van der Waals surface area contributed by atoms with Crippen LogP contribution < -0.4 is 5.32 Å². The second-order valence-corrected chi connectivity index (χ2v) is 8.49. The van der Waals surface area contributed by atoms with Gasteiger partial charge in [0.2, 0.25) is 5.95 Å². The summed E-state index contributed by atoms with van der Waals surface area (Å²) in [5, 5.41) is 12.8. The Kier molecular flexibility index (Phi) is 5.98. The minimum absolute atomic E-state index is 0.207. The summed E-state index contributed by atoms with van der Waals surface area (Å²) in [7, 11) is 0. The predicted octanol–water partition coefficient (Wildman–Crippen LogP) is 4.59. The van der Waals surface area contributed by atoms with Crippen LogP contribution in [0.15, 0.2) is 30.5 Å². The largest absolute Gasteiger partial charge is 0.354 e. The highest BCUT2D eigenvalue weighted by Gasteiger charge is 2.27. The van der Waals surface area contributed by atoms with E-state index >= 15 is 0 Å². The van der Waals surface area contributed by atoms with Gasteiger partial charge in [0.15, 0.2) is 0 Å². The number of hydrogen-bond acceptors (Lipinski definition) is 5. The Morgan fingerprint density at radius 1 is 1.30 bits per heavy atom. The molecular formula is C21H26ClN5. The average Bonchev–Trinajstić information content (AvgIpc) is 2.67. The molecule has 0 spiro atoms. The number of hydrogen-bond donors (Lipinski definition) is 1. The molecule has 1 atom stereocenters. The molecule has 1 aliphatic rings. The van der Waals surface area contributed by atoms with Crippen LogP contribution in [0.5, 0.6) is 0 Å². The highest BCUT2D eigenvalue weighted by molar-refractivity contribution is 6.32. The molecule has 27 heavy (non-hydrogen) atoms. The van der Waals surface area contributed by atoms with Crippen LogP contribution in [0.4, 0.5) is 5.95 Å². The van der Waals surface area contributed by atoms with Gasteiger partial charge in [0, 0.05) is 24.2 Å². The van der Waals surface area contributed by atoms with Gasteiger partial charge in [-0.15, -0.1) is 0 Å². The molecule has 2 heterocycles. The Labute approximate surface area is 166 Å². The van der Waals surface area contributed by atoms with Gasteiger partial charge in [-0.05, 0) is 58.2 Å². The van der Waals surface area contributed by atoms with Crippen molar-refractivity contribution in [3.63, 3.8) is 0 Å². The number of nitriles is 1. The van der Waals surface area contributed by atoms with E-state index in [0.717, 1.165) is 18.7 Å². The van der Waals surface area contributed by atoms with Crippen molar-refractivity contribution in [2.75, 3.05) is 25.0 Å². The zero-order chi connectivity index (χ0) is 19.4. The number of nitrogens with one attached hydrogen (secondary N) is 1. The van der Waals surface area contributed by atoms with Gasteiger partial charge in [0.1, 0.15) is 0 Å². The lowest BCUT2D eigenvalue weighted by Crippen LogP contribution is -2.48. The third-order valence-corrected chi connectivity index (χ3v) is 5.32. The summed E-state index contributed by atoms with van der Waals surface area (Å²) < 4.78 is 0. The van der Waals surface area contributed by atoms with E-state index in [2.05, 4.69) is 47.0 Å². The normalized spacial score (nSPS) is 18.1. The van der Waals surface area contributed by atoms with Crippen molar-refractivity contribution in [2.24, 2.45) is 5.92 Å². The first-order chi connectivity index (χ1) is 12.9. The molecule has 0 bridgehead atoms. The molecule has 2 aromatic rings. The van der Waals surface area contributed by atoms with Crippen LogP contribution in [0, 0.1) is 17.2 Å². The maximum absolute atomic E-state index is 8.95. The Morgan fingerprint density at radius 2 is 2.04 bits per heavy atom. The molecule has 1 aromatic carbocycles. The number of nitrogens with zero attached hydrogens (tertiary/aromatic N) is 4. The van der Waals surface area contributed by atoms with Crippen LogP contribution >= 0.6 is 11.6 Å².